The van der Waals surface area contributed by atoms with Gasteiger partial charge in [0.2, 0.25) is 0 Å². The van der Waals surface area contributed by atoms with Crippen molar-refractivity contribution in [3.63, 3.8) is 0 Å². The summed E-state index contributed by atoms with van der Waals surface area (Å²) >= 11 is 8.24. The molecule has 0 spiro atoms. The van der Waals surface area contributed by atoms with Crippen LogP contribution < -0.4 is 5.32 Å². The van der Waals surface area contributed by atoms with Gasteiger partial charge in [0.25, 0.3) is 0 Å². The highest BCUT2D eigenvalue weighted by Gasteiger charge is 2.08. The molecule has 0 aliphatic carbocycles. The molecule has 0 aliphatic heterocycles. The SMILES string of the molecule is Fc1cc(Br)cc(F)c1NC/C=C/Cl. The fourth-order valence-corrected chi connectivity index (χ4v) is 1.41. The average Bonchev–Trinajstić information content (AvgIpc) is 2.09. The standard InChI is InChI=1S/C9H7BrClF2N/c10-6-4-7(12)9(8(13)5-6)14-3-1-2-11/h1-2,4-5,14H,3H2/b2-1+. The summed E-state index contributed by atoms with van der Waals surface area (Å²) in [7, 11) is 0. The van der Waals surface area contributed by atoms with Crippen molar-refractivity contribution in [2.75, 3.05) is 11.9 Å². The molecule has 0 fully saturated rings. The molecule has 0 saturated heterocycles. The fourth-order valence-electron chi connectivity index (χ4n) is 0.917. The largest absolute Gasteiger partial charge is 0.377 e. The Morgan fingerprint density at radius 3 is 2.43 bits per heavy atom. The second-order valence-corrected chi connectivity index (χ2v) is 3.65. The van der Waals surface area contributed by atoms with Gasteiger partial charge in [-0.3, -0.25) is 0 Å². The van der Waals surface area contributed by atoms with E-state index in [1.165, 1.54) is 17.7 Å². The van der Waals surface area contributed by atoms with Gasteiger partial charge in [-0.15, -0.1) is 0 Å². The molecule has 0 bridgehead atoms. The summed E-state index contributed by atoms with van der Waals surface area (Å²) in [6.07, 6.45) is 1.54. The Hall–Kier alpha value is -0.610. The lowest BCUT2D eigenvalue weighted by molar-refractivity contribution is 0.587. The first-order valence-electron chi connectivity index (χ1n) is 3.79. The van der Waals surface area contributed by atoms with Crippen LogP contribution in [0.15, 0.2) is 28.2 Å². The van der Waals surface area contributed by atoms with Crippen LogP contribution in [0.2, 0.25) is 0 Å². The lowest BCUT2D eigenvalue weighted by atomic mass is 10.3. The highest BCUT2D eigenvalue weighted by molar-refractivity contribution is 9.10. The van der Waals surface area contributed by atoms with Gasteiger partial charge in [-0.1, -0.05) is 33.6 Å². The highest BCUT2D eigenvalue weighted by atomic mass is 79.9. The summed E-state index contributed by atoms with van der Waals surface area (Å²) in [6, 6.07) is 2.38. The Morgan fingerprint density at radius 1 is 1.36 bits per heavy atom. The van der Waals surface area contributed by atoms with Crippen molar-refractivity contribution >= 4 is 33.2 Å². The summed E-state index contributed by atoms with van der Waals surface area (Å²) in [4.78, 5) is 0. The maximum absolute atomic E-state index is 13.1. The van der Waals surface area contributed by atoms with Gasteiger partial charge in [-0.25, -0.2) is 8.78 Å². The van der Waals surface area contributed by atoms with Crippen LogP contribution in [0.4, 0.5) is 14.5 Å². The molecule has 0 radical (unpaired) electrons. The zero-order valence-electron chi connectivity index (χ0n) is 7.03. The van der Waals surface area contributed by atoms with Crippen LogP contribution in [0.25, 0.3) is 0 Å². The van der Waals surface area contributed by atoms with E-state index in [1.54, 1.807) is 6.08 Å². The number of nitrogens with one attached hydrogen (secondary N) is 1. The molecule has 1 rings (SSSR count). The molecule has 1 aromatic carbocycles. The van der Waals surface area contributed by atoms with Gasteiger partial charge >= 0.3 is 0 Å². The van der Waals surface area contributed by atoms with E-state index in [9.17, 15) is 8.78 Å². The fraction of sp³-hybridized carbons (Fsp3) is 0.111. The number of hydrogen-bond donors (Lipinski definition) is 1. The van der Waals surface area contributed by atoms with Crippen molar-refractivity contribution in [3.05, 3.63) is 39.9 Å². The van der Waals surface area contributed by atoms with Gasteiger partial charge in [0.1, 0.15) is 17.3 Å². The predicted octanol–water partition coefficient (Wildman–Crippen LogP) is 3.89. The minimum absolute atomic E-state index is 0.150. The van der Waals surface area contributed by atoms with E-state index in [2.05, 4.69) is 21.2 Å². The van der Waals surface area contributed by atoms with Crippen LogP contribution in [0.3, 0.4) is 0 Å². The van der Waals surface area contributed by atoms with Gasteiger partial charge in [0.15, 0.2) is 0 Å². The molecular weight excluding hydrogens is 275 g/mol. The minimum atomic E-state index is -0.639. The van der Waals surface area contributed by atoms with E-state index in [0.717, 1.165) is 0 Å². The number of halogens is 4. The summed E-state index contributed by atoms with van der Waals surface area (Å²) in [6.45, 7) is 0.277. The molecule has 0 amide bonds. The third kappa shape index (κ3) is 2.96. The second kappa shape index (κ2) is 5.32. The van der Waals surface area contributed by atoms with Crippen molar-refractivity contribution in [3.8, 4) is 0 Å². The van der Waals surface area contributed by atoms with Crippen molar-refractivity contribution in [2.24, 2.45) is 0 Å². The van der Waals surface area contributed by atoms with Crippen molar-refractivity contribution in [1.29, 1.82) is 0 Å². The number of hydrogen-bond acceptors (Lipinski definition) is 1. The first-order valence-corrected chi connectivity index (χ1v) is 5.01. The first-order chi connectivity index (χ1) is 6.65. The van der Waals surface area contributed by atoms with E-state index >= 15 is 0 Å². The summed E-state index contributed by atoms with van der Waals surface area (Å²) in [5.74, 6) is -1.28. The molecule has 0 unspecified atom stereocenters. The molecule has 5 heteroatoms. The van der Waals surface area contributed by atoms with Crippen LogP contribution in [-0.2, 0) is 0 Å². The Bertz CT molecular complexity index is 332. The van der Waals surface area contributed by atoms with Crippen LogP contribution >= 0.6 is 27.5 Å². The van der Waals surface area contributed by atoms with Crippen molar-refractivity contribution < 1.29 is 8.78 Å². The lowest BCUT2D eigenvalue weighted by Gasteiger charge is -2.06. The van der Waals surface area contributed by atoms with Gasteiger partial charge < -0.3 is 5.32 Å². The Morgan fingerprint density at radius 2 is 1.93 bits per heavy atom. The maximum Gasteiger partial charge on any atom is 0.150 e. The van der Waals surface area contributed by atoms with Gasteiger partial charge in [0.05, 0.1) is 0 Å². The maximum atomic E-state index is 13.1. The minimum Gasteiger partial charge on any atom is -0.377 e. The normalized spacial score (nSPS) is 10.9. The van der Waals surface area contributed by atoms with E-state index < -0.39 is 11.6 Å². The molecule has 1 aromatic rings. The quantitative estimate of drug-likeness (QED) is 0.887. The molecule has 1 N–H and O–H groups in total. The third-order valence-electron chi connectivity index (χ3n) is 1.49. The van der Waals surface area contributed by atoms with Crippen LogP contribution in [0.1, 0.15) is 0 Å². The third-order valence-corrected chi connectivity index (χ3v) is 2.13. The summed E-state index contributed by atoms with van der Waals surface area (Å²) < 4.78 is 26.7. The average molecular weight is 283 g/mol. The van der Waals surface area contributed by atoms with Gasteiger partial charge in [0, 0.05) is 16.6 Å². The lowest BCUT2D eigenvalue weighted by Crippen LogP contribution is -2.03. The van der Waals surface area contributed by atoms with E-state index in [1.807, 2.05) is 0 Å². The smallest absolute Gasteiger partial charge is 0.150 e. The van der Waals surface area contributed by atoms with Crippen LogP contribution in [-0.4, -0.2) is 6.54 Å². The van der Waals surface area contributed by atoms with Crippen molar-refractivity contribution in [2.45, 2.75) is 0 Å². The molecule has 0 aliphatic rings. The zero-order valence-corrected chi connectivity index (χ0v) is 9.37. The van der Waals surface area contributed by atoms with E-state index in [4.69, 9.17) is 11.6 Å². The molecular formula is C9H7BrClF2N. The zero-order chi connectivity index (χ0) is 10.6. The van der Waals surface area contributed by atoms with E-state index in [-0.39, 0.29) is 12.2 Å². The number of benzene rings is 1. The predicted molar refractivity (Wildman–Crippen MR) is 57.5 cm³/mol. The first kappa shape index (κ1) is 11.5. The van der Waals surface area contributed by atoms with Crippen molar-refractivity contribution in [1.82, 2.24) is 0 Å². The summed E-state index contributed by atoms with van der Waals surface area (Å²) in [5, 5.41) is 2.57. The summed E-state index contributed by atoms with van der Waals surface area (Å²) in [5.41, 5.74) is 1.13. The molecule has 76 valence electrons. The second-order valence-electron chi connectivity index (χ2n) is 2.49. The molecule has 0 saturated carbocycles. The molecule has 1 nitrogen and oxygen atoms in total. The molecule has 0 heterocycles. The van der Waals surface area contributed by atoms with Gasteiger partial charge in [-0.05, 0) is 12.1 Å². The van der Waals surface area contributed by atoms with Crippen LogP contribution in [0.5, 0.6) is 0 Å². The molecule has 0 atom stereocenters. The Kier molecular flexibility index (Phi) is 4.35. The Balaban J connectivity index is 2.85. The number of anilines is 1. The highest BCUT2D eigenvalue weighted by Crippen LogP contribution is 2.23. The number of rotatable bonds is 3. The van der Waals surface area contributed by atoms with Crippen LogP contribution in [0, 0.1) is 11.6 Å². The molecule has 0 aromatic heterocycles. The van der Waals surface area contributed by atoms with E-state index in [0.29, 0.717) is 4.47 Å². The monoisotopic (exact) mass is 281 g/mol. The Labute approximate surface area is 93.9 Å². The van der Waals surface area contributed by atoms with Gasteiger partial charge in [-0.2, -0.15) is 0 Å². The topological polar surface area (TPSA) is 12.0 Å². The molecule has 14 heavy (non-hydrogen) atoms.